The van der Waals surface area contributed by atoms with Crippen LogP contribution >= 0.6 is 11.3 Å². The lowest BCUT2D eigenvalue weighted by molar-refractivity contribution is -0.127. The fourth-order valence-electron chi connectivity index (χ4n) is 4.14. The van der Waals surface area contributed by atoms with Gasteiger partial charge in [-0.15, -0.1) is 11.3 Å². The summed E-state index contributed by atoms with van der Waals surface area (Å²) in [6.07, 6.45) is 7.16. The Morgan fingerprint density at radius 1 is 0.818 bits per heavy atom. The Hall–Kier alpha value is -2.49. The minimum Gasteiger partial charge on any atom is -0.336 e. The zero-order valence-corrected chi connectivity index (χ0v) is 20.2. The summed E-state index contributed by atoms with van der Waals surface area (Å²) in [5.41, 5.74) is 0.768. The molecule has 2 aliphatic rings. The van der Waals surface area contributed by atoms with Crippen LogP contribution in [0, 0.1) is 0 Å². The van der Waals surface area contributed by atoms with Crippen LogP contribution in [0.3, 0.4) is 0 Å². The number of hydrogen-bond acceptors (Lipinski definition) is 5. The van der Waals surface area contributed by atoms with Gasteiger partial charge in [-0.25, -0.2) is 8.42 Å². The zero-order valence-electron chi connectivity index (χ0n) is 18.6. The van der Waals surface area contributed by atoms with Gasteiger partial charge in [0.2, 0.25) is 15.9 Å². The van der Waals surface area contributed by atoms with Crippen LogP contribution in [0.5, 0.6) is 0 Å². The SMILES string of the molecule is O=C(/C=C/c1ccc(S(=O)(=O)N2CCCCCC2)cc1)N1CCN(C(=O)c2cccs2)CC1. The van der Waals surface area contributed by atoms with E-state index in [-0.39, 0.29) is 11.8 Å². The zero-order chi connectivity index (χ0) is 23.3. The van der Waals surface area contributed by atoms with Crippen LogP contribution in [0.2, 0.25) is 0 Å². The standard InChI is InChI=1S/C24H29N3O4S2/c28-23(25-15-17-26(18-16-25)24(29)22-6-5-19-32-22)12-9-20-7-10-21(11-8-20)33(30,31)27-13-3-1-2-4-14-27/h5-12,19H,1-4,13-18H2/b12-9+. The summed E-state index contributed by atoms with van der Waals surface area (Å²) in [5, 5.41) is 1.88. The summed E-state index contributed by atoms with van der Waals surface area (Å²) in [5.74, 6) is -0.0950. The number of benzene rings is 1. The van der Waals surface area contributed by atoms with Crippen molar-refractivity contribution < 1.29 is 18.0 Å². The topological polar surface area (TPSA) is 78.0 Å². The Morgan fingerprint density at radius 2 is 1.45 bits per heavy atom. The highest BCUT2D eigenvalue weighted by Gasteiger charge is 2.26. The summed E-state index contributed by atoms with van der Waals surface area (Å²) in [7, 11) is -3.48. The molecule has 176 valence electrons. The molecule has 0 atom stereocenters. The molecule has 1 aromatic carbocycles. The molecule has 3 heterocycles. The molecule has 0 saturated carbocycles. The van der Waals surface area contributed by atoms with Gasteiger partial charge in [-0.2, -0.15) is 4.31 Å². The van der Waals surface area contributed by atoms with Gasteiger partial charge in [-0.05, 0) is 48.1 Å². The van der Waals surface area contributed by atoms with E-state index in [0.29, 0.717) is 44.2 Å². The highest BCUT2D eigenvalue weighted by molar-refractivity contribution is 7.89. The minimum atomic E-state index is -3.48. The van der Waals surface area contributed by atoms with Crippen LogP contribution in [0.4, 0.5) is 0 Å². The van der Waals surface area contributed by atoms with E-state index in [1.165, 1.54) is 17.4 Å². The lowest BCUT2D eigenvalue weighted by Gasteiger charge is -2.34. The number of piperazine rings is 1. The van der Waals surface area contributed by atoms with E-state index in [2.05, 4.69) is 0 Å². The second-order valence-electron chi connectivity index (χ2n) is 8.32. The molecular formula is C24H29N3O4S2. The number of amides is 2. The maximum absolute atomic E-state index is 12.9. The number of nitrogens with zero attached hydrogens (tertiary/aromatic N) is 3. The average Bonchev–Trinajstić information content (AvgIpc) is 3.24. The van der Waals surface area contributed by atoms with Crippen LogP contribution in [-0.2, 0) is 14.8 Å². The second kappa shape index (κ2) is 10.6. The maximum Gasteiger partial charge on any atom is 0.264 e. The van der Waals surface area contributed by atoms with Crippen LogP contribution in [0.1, 0.15) is 40.9 Å². The van der Waals surface area contributed by atoms with Crippen LogP contribution in [0.15, 0.2) is 52.7 Å². The highest BCUT2D eigenvalue weighted by atomic mass is 32.2. The molecule has 33 heavy (non-hydrogen) atoms. The van der Waals surface area contributed by atoms with Gasteiger partial charge >= 0.3 is 0 Å². The van der Waals surface area contributed by atoms with Crippen molar-refractivity contribution in [1.82, 2.24) is 14.1 Å². The first-order valence-electron chi connectivity index (χ1n) is 11.4. The van der Waals surface area contributed by atoms with Crippen LogP contribution in [-0.4, -0.2) is 73.6 Å². The molecule has 7 nitrogen and oxygen atoms in total. The Kier molecular flexibility index (Phi) is 7.62. The van der Waals surface area contributed by atoms with Gasteiger partial charge in [0, 0.05) is 45.3 Å². The highest BCUT2D eigenvalue weighted by Crippen LogP contribution is 2.21. The maximum atomic E-state index is 12.9. The molecule has 9 heteroatoms. The van der Waals surface area contributed by atoms with E-state index in [9.17, 15) is 18.0 Å². The predicted octanol–water partition coefficient (Wildman–Crippen LogP) is 3.31. The first kappa shape index (κ1) is 23.7. The quantitative estimate of drug-likeness (QED) is 0.607. The number of carbonyl (C=O) groups is 2. The number of sulfonamides is 1. The normalized spacial score (nSPS) is 18.4. The van der Waals surface area contributed by atoms with E-state index in [1.807, 2.05) is 17.5 Å². The Balaban J connectivity index is 1.32. The molecule has 2 fully saturated rings. The number of thiophene rings is 1. The fourth-order valence-corrected chi connectivity index (χ4v) is 6.35. The van der Waals surface area contributed by atoms with Gasteiger partial charge in [0.05, 0.1) is 9.77 Å². The summed E-state index contributed by atoms with van der Waals surface area (Å²) in [4.78, 5) is 29.5. The van der Waals surface area contributed by atoms with Crippen molar-refractivity contribution in [3.63, 3.8) is 0 Å². The summed E-state index contributed by atoms with van der Waals surface area (Å²) >= 11 is 1.43. The van der Waals surface area contributed by atoms with Gasteiger partial charge < -0.3 is 9.80 Å². The lowest BCUT2D eigenvalue weighted by atomic mass is 10.2. The molecule has 0 spiro atoms. The summed E-state index contributed by atoms with van der Waals surface area (Å²) in [6, 6.07) is 10.4. The van der Waals surface area contributed by atoms with E-state index < -0.39 is 10.0 Å². The molecule has 0 N–H and O–H groups in total. The van der Waals surface area contributed by atoms with Gasteiger partial charge in [-0.1, -0.05) is 31.0 Å². The minimum absolute atomic E-state index is 0.0165. The molecule has 1 aromatic heterocycles. The molecule has 2 aromatic rings. The van der Waals surface area contributed by atoms with Crippen molar-refractivity contribution in [2.24, 2.45) is 0 Å². The molecule has 2 saturated heterocycles. The van der Waals surface area contributed by atoms with E-state index in [1.54, 1.807) is 44.4 Å². The van der Waals surface area contributed by atoms with Crippen molar-refractivity contribution in [3.05, 3.63) is 58.3 Å². The van der Waals surface area contributed by atoms with E-state index in [4.69, 9.17) is 0 Å². The second-order valence-corrected chi connectivity index (χ2v) is 11.2. The van der Waals surface area contributed by atoms with Gasteiger partial charge in [0.15, 0.2) is 0 Å². The molecule has 0 radical (unpaired) electrons. The largest absolute Gasteiger partial charge is 0.336 e. The first-order valence-corrected chi connectivity index (χ1v) is 13.7. The van der Waals surface area contributed by atoms with E-state index >= 15 is 0 Å². The van der Waals surface area contributed by atoms with Gasteiger partial charge in [-0.3, -0.25) is 9.59 Å². The lowest BCUT2D eigenvalue weighted by Crippen LogP contribution is -2.50. The smallest absolute Gasteiger partial charge is 0.264 e. The number of rotatable bonds is 5. The Bertz CT molecular complexity index is 1080. The first-order chi connectivity index (χ1) is 15.9. The van der Waals surface area contributed by atoms with Crippen molar-refractivity contribution in [3.8, 4) is 0 Å². The monoisotopic (exact) mass is 487 g/mol. The number of hydrogen-bond donors (Lipinski definition) is 0. The molecule has 0 unspecified atom stereocenters. The van der Waals surface area contributed by atoms with Crippen molar-refractivity contribution in [2.45, 2.75) is 30.6 Å². The molecular weight excluding hydrogens is 458 g/mol. The van der Waals surface area contributed by atoms with Crippen LogP contribution in [0.25, 0.3) is 6.08 Å². The van der Waals surface area contributed by atoms with Gasteiger partial charge in [0.1, 0.15) is 0 Å². The molecule has 4 rings (SSSR count). The third-order valence-electron chi connectivity index (χ3n) is 6.11. The molecule has 2 amide bonds. The molecule has 2 aliphatic heterocycles. The third kappa shape index (κ3) is 5.72. The number of carbonyl (C=O) groups excluding carboxylic acids is 2. The van der Waals surface area contributed by atoms with Crippen LogP contribution < -0.4 is 0 Å². The molecule has 0 aliphatic carbocycles. The predicted molar refractivity (Wildman–Crippen MR) is 130 cm³/mol. The Labute approximate surface area is 199 Å². The van der Waals surface area contributed by atoms with E-state index in [0.717, 1.165) is 36.1 Å². The van der Waals surface area contributed by atoms with Gasteiger partial charge in [0.25, 0.3) is 5.91 Å². The Morgan fingerprint density at radius 3 is 2.06 bits per heavy atom. The van der Waals surface area contributed by atoms with Crippen molar-refractivity contribution >= 4 is 39.3 Å². The fraction of sp³-hybridized carbons (Fsp3) is 0.417. The van der Waals surface area contributed by atoms with Crippen molar-refractivity contribution in [1.29, 1.82) is 0 Å². The summed E-state index contributed by atoms with van der Waals surface area (Å²) in [6.45, 7) is 3.16. The van der Waals surface area contributed by atoms with Crippen molar-refractivity contribution in [2.75, 3.05) is 39.3 Å². The molecule has 0 bridgehead atoms. The third-order valence-corrected chi connectivity index (χ3v) is 8.88. The average molecular weight is 488 g/mol. The summed E-state index contributed by atoms with van der Waals surface area (Å²) < 4.78 is 27.4.